The van der Waals surface area contributed by atoms with Gasteiger partial charge in [-0.05, 0) is 43.9 Å². The molecule has 0 aliphatic heterocycles. The van der Waals surface area contributed by atoms with E-state index in [-0.39, 0.29) is 12.1 Å². The molecule has 2 N–H and O–H groups in total. The van der Waals surface area contributed by atoms with Crippen molar-refractivity contribution in [1.29, 1.82) is 0 Å². The molecule has 1 amide bonds. The van der Waals surface area contributed by atoms with Gasteiger partial charge in [-0.3, -0.25) is 9.59 Å². The fourth-order valence-corrected chi connectivity index (χ4v) is 3.34. The van der Waals surface area contributed by atoms with Gasteiger partial charge in [0.1, 0.15) is 0 Å². The Kier molecular flexibility index (Phi) is 4.95. The molecule has 0 bridgehead atoms. The number of aromatic nitrogens is 2. The van der Waals surface area contributed by atoms with Crippen molar-refractivity contribution in [2.75, 3.05) is 0 Å². The van der Waals surface area contributed by atoms with Crippen LogP contribution in [0.15, 0.2) is 30.5 Å². The van der Waals surface area contributed by atoms with Crippen LogP contribution >= 0.6 is 0 Å². The number of carboxylic acids is 1. The van der Waals surface area contributed by atoms with Gasteiger partial charge in [-0.15, -0.1) is 0 Å². The molecule has 6 nitrogen and oxygen atoms in total. The molecular weight excluding hydrogens is 363 g/mol. The van der Waals surface area contributed by atoms with Crippen molar-refractivity contribution in [3.05, 3.63) is 47.3 Å². The summed E-state index contributed by atoms with van der Waals surface area (Å²) in [6.45, 7) is 1.74. The van der Waals surface area contributed by atoms with Crippen LogP contribution in [0.1, 0.15) is 40.9 Å². The zero-order chi connectivity index (χ0) is 19.8. The van der Waals surface area contributed by atoms with Gasteiger partial charge in [0.25, 0.3) is 5.91 Å². The van der Waals surface area contributed by atoms with E-state index in [1.807, 2.05) is 0 Å². The molecule has 1 aromatic heterocycles. The number of rotatable bonds is 4. The molecule has 0 spiro atoms. The number of aryl methyl sites for hydroxylation is 1. The smallest absolute Gasteiger partial charge is 0.434 e. The highest BCUT2D eigenvalue weighted by atomic mass is 19.4. The maximum atomic E-state index is 13.7. The first-order chi connectivity index (χ1) is 12.7. The van der Waals surface area contributed by atoms with Crippen LogP contribution in [0, 0.1) is 12.8 Å². The number of nitrogens with zero attached hydrogens (tertiary/aromatic N) is 2. The second-order valence-electron chi connectivity index (χ2n) is 6.67. The third-order valence-corrected chi connectivity index (χ3v) is 4.65. The molecule has 1 aliphatic carbocycles. The normalized spacial score (nSPS) is 19.9. The van der Waals surface area contributed by atoms with E-state index >= 15 is 0 Å². The van der Waals surface area contributed by atoms with Crippen molar-refractivity contribution in [3.8, 4) is 5.69 Å². The average molecular weight is 381 g/mol. The lowest BCUT2D eigenvalue weighted by atomic mass is 10.1. The standard InChI is InChI=1S/C18H18F3N3O3/c1-10-3-2-4-13(7-10)24-15(18(19,20)21)14(9-22-24)16(25)23-12-6-5-11(8-12)17(26)27/h2-4,7,9,11-12H,5-6,8H2,1H3,(H,23,25)(H,26,27)/t11-,12+/m1/s1. The number of alkyl halides is 3. The van der Waals surface area contributed by atoms with Gasteiger partial charge in [-0.1, -0.05) is 12.1 Å². The molecule has 27 heavy (non-hydrogen) atoms. The van der Waals surface area contributed by atoms with Crippen LogP contribution in [-0.2, 0) is 11.0 Å². The van der Waals surface area contributed by atoms with E-state index in [2.05, 4.69) is 10.4 Å². The van der Waals surface area contributed by atoms with E-state index in [1.54, 1.807) is 25.1 Å². The molecule has 2 aromatic rings. The second kappa shape index (κ2) is 7.05. The van der Waals surface area contributed by atoms with Crippen molar-refractivity contribution in [1.82, 2.24) is 15.1 Å². The average Bonchev–Trinajstić information content (AvgIpc) is 3.21. The zero-order valence-electron chi connectivity index (χ0n) is 14.5. The molecule has 144 valence electrons. The van der Waals surface area contributed by atoms with Crippen LogP contribution in [0.4, 0.5) is 13.2 Å². The SMILES string of the molecule is Cc1cccc(-n2ncc(C(=O)N[C@H]3CC[C@@H](C(=O)O)C3)c2C(F)(F)F)c1. The summed E-state index contributed by atoms with van der Waals surface area (Å²) >= 11 is 0. The maximum absolute atomic E-state index is 13.7. The number of carboxylic acid groups (broad SMARTS) is 1. The Labute approximate surface area is 153 Å². The van der Waals surface area contributed by atoms with E-state index in [0.29, 0.717) is 17.5 Å². The van der Waals surface area contributed by atoms with E-state index < -0.39 is 41.3 Å². The van der Waals surface area contributed by atoms with Crippen molar-refractivity contribution >= 4 is 11.9 Å². The lowest BCUT2D eigenvalue weighted by Crippen LogP contribution is -2.34. The summed E-state index contributed by atoms with van der Waals surface area (Å²) in [6, 6.07) is 5.90. The number of amides is 1. The van der Waals surface area contributed by atoms with Gasteiger partial charge >= 0.3 is 12.1 Å². The van der Waals surface area contributed by atoms with Crippen molar-refractivity contribution < 1.29 is 27.9 Å². The third-order valence-electron chi connectivity index (χ3n) is 4.65. The Morgan fingerprint density at radius 3 is 2.63 bits per heavy atom. The molecule has 1 aromatic carbocycles. The van der Waals surface area contributed by atoms with E-state index in [9.17, 15) is 22.8 Å². The third kappa shape index (κ3) is 3.96. The van der Waals surface area contributed by atoms with Crippen LogP contribution in [0.25, 0.3) is 5.69 Å². The van der Waals surface area contributed by atoms with Crippen LogP contribution in [-0.4, -0.2) is 32.8 Å². The minimum atomic E-state index is -4.79. The minimum Gasteiger partial charge on any atom is -0.481 e. The monoisotopic (exact) mass is 381 g/mol. The van der Waals surface area contributed by atoms with E-state index in [4.69, 9.17) is 5.11 Å². The zero-order valence-corrected chi connectivity index (χ0v) is 14.5. The molecular formula is C18H18F3N3O3. The first-order valence-corrected chi connectivity index (χ1v) is 8.42. The largest absolute Gasteiger partial charge is 0.481 e. The number of hydrogen-bond donors (Lipinski definition) is 2. The van der Waals surface area contributed by atoms with Crippen LogP contribution in [0.2, 0.25) is 0 Å². The molecule has 1 fully saturated rings. The summed E-state index contributed by atoms with van der Waals surface area (Å²) in [5.74, 6) is -2.46. The van der Waals surface area contributed by atoms with Crippen LogP contribution < -0.4 is 5.32 Å². The Balaban J connectivity index is 1.90. The molecule has 0 unspecified atom stereocenters. The molecule has 9 heteroatoms. The first-order valence-electron chi connectivity index (χ1n) is 8.42. The number of halogens is 3. The minimum absolute atomic E-state index is 0.202. The number of nitrogens with one attached hydrogen (secondary N) is 1. The lowest BCUT2D eigenvalue weighted by Gasteiger charge is -2.15. The fraction of sp³-hybridized carbons (Fsp3) is 0.389. The molecule has 3 rings (SSSR count). The number of hydrogen-bond acceptors (Lipinski definition) is 3. The predicted molar refractivity (Wildman–Crippen MR) is 89.5 cm³/mol. The lowest BCUT2D eigenvalue weighted by molar-refractivity contribution is -0.143. The number of carbonyl (C=O) groups excluding carboxylic acids is 1. The van der Waals surface area contributed by atoms with Crippen molar-refractivity contribution in [2.45, 2.75) is 38.4 Å². The van der Waals surface area contributed by atoms with Gasteiger partial charge in [-0.2, -0.15) is 18.3 Å². The predicted octanol–water partition coefficient (Wildman–Crippen LogP) is 3.18. The van der Waals surface area contributed by atoms with Crippen LogP contribution in [0.3, 0.4) is 0 Å². The fourth-order valence-electron chi connectivity index (χ4n) is 3.34. The van der Waals surface area contributed by atoms with Gasteiger partial charge in [-0.25, -0.2) is 4.68 Å². The summed E-state index contributed by atoms with van der Waals surface area (Å²) in [5, 5.41) is 15.3. The van der Waals surface area contributed by atoms with Gasteiger partial charge in [0, 0.05) is 6.04 Å². The van der Waals surface area contributed by atoms with Crippen molar-refractivity contribution in [2.24, 2.45) is 5.92 Å². The topological polar surface area (TPSA) is 84.2 Å². The van der Waals surface area contributed by atoms with Crippen molar-refractivity contribution in [3.63, 3.8) is 0 Å². The highest BCUT2D eigenvalue weighted by Gasteiger charge is 2.41. The summed E-state index contributed by atoms with van der Waals surface area (Å²) in [6.07, 6.45) is -2.89. The highest BCUT2D eigenvalue weighted by Crippen LogP contribution is 2.34. The van der Waals surface area contributed by atoms with Crippen LogP contribution in [0.5, 0.6) is 0 Å². The van der Waals surface area contributed by atoms with Gasteiger partial charge < -0.3 is 10.4 Å². The maximum Gasteiger partial charge on any atom is 0.434 e. The summed E-state index contributed by atoms with van der Waals surface area (Å²) in [5.41, 5.74) is -0.776. The Bertz CT molecular complexity index is 876. The number of aliphatic carboxylic acids is 1. The molecule has 0 saturated heterocycles. The highest BCUT2D eigenvalue weighted by molar-refractivity contribution is 5.95. The van der Waals surface area contributed by atoms with Gasteiger partial charge in [0.05, 0.1) is 23.4 Å². The second-order valence-corrected chi connectivity index (χ2v) is 6.67. The quantitative estimate of drug-likeness (QED) is 0.852. The molecule has 1 aliphatic rings. The van der Waals surface area contributed by atoms with Gasteiger partial charge in [0.2, 0.25) is 0 Å². The Morgan fingerprint density at radius 1 is 1.30 bits per heavy atom. The number of carbonyl (C=O) groups is 2. The Morgan fingerprint density at radius 2 is 2.04 bits per heavy atom. The molecule has 1 heterocycles. The summed E-state index contributed by atoms with van der Waals surface area (Å²) in [7, 11) is 0. The number of benzene rings is 1. The first kappa shape index (κ1) is 18.9. The molecule has 1 saturated carbocycles. The Hall–Kier alpha value is -2.84. The molecule has 0 radical (unpaired) electrons. The summed E-state index contributed by atoms with van der Waals surface area (Å²) in [4.78, 5) is 23.4. The summed E-state index contributed by atoms with van der Waals surface area (Å²) < 4.78 is 41.7. The van der Waals surface area contributed by atoms with E-state index in [1.165, 1.54) is 6.07 Å². The van der Waals surface area contributed by atoms with Gasteiger partial charge in [0.15, 0.2) is 5.69 Å². The molecule has 2 atom stereocenters. The van der Waals surface area contributed by atoms with E-state index in [0.717, 1.165) is 11.8 Å².